The Morgan fingerprint density at radius 2 is 1.62 bits per heavy atom. The van der Waals surface area contributed by atoms with Gasteiger partial charge in [0.1, 0.15) is 11.5 Å². The number of hydrogen-bond donors (Lipinski definition) is 3. The van der Waals surface area contributed by atoms with E-state index in [4.69, 9.17) is 21.7 Å². The molecule has 2 aromatic rings. The summed E-state index contributed by atoms with van der Waals surface area (Å²) in [5, 5.41) is 2.45. The molecule has 0 heterocycles. The molecule has 0 spiro atoms. The van der Waals surface area contributed by atoms with Crippen molar-refractivity contribution in [3.8, 4) is 11.5 Å². The van der Waals surface area contributed by atoms with Crippen LogP contribution < -0.4 is 25.6 Å². The lowest BCUT2D eigenvalue weighted by Gasteiger charge is -2.15. The van der Waals surface area contributed by atoms with Crippen LogP contribution in [0.25, 0.3) is 0 Å². The quantitative estimate of drug-likeness (QED) is 0.272. The van der Waals surface area contributed by atoms with Gasteiger partial charge < -0.3 is 9.47 Å². The molecule has 0 aliphatic rings. The normalized spacial score (nSPS) is 10.4. The molecular weight excluding hydrogens is 630 g/mol. The van der Waals surface area contributed by atoms with Gasteiger partial charge in [-0.15, -0.1) is 0 Å². The summed E-state index contributed by atoms with van der Waals surface area (Å²) in [6, 6.07) is 10.5. The number of carbonyl (C=O) groups excluding carboxylic acids is 2. The van der Waals surface area contributed by atoms with Crippen LogP contribution in [0.5, 0.6) is 11.5 Å². The van der Waals surface area contributed by atoms with E-state index in [0.717, 1.165) is 15.4 Å². The number of nitrogens with one attached hydrogen (secondary N) is 3. The maximum atomic E-state index is 12.7. The van der Waals surface area contributed by atoms with Gasteiger partial charge in [0.05, 0.1) is 16.6 Å². The second kappa shape index (κ2) is 13.1. The number of amides is 2. The Morgan fingerprint density at radius 1 is 0.969 bits per heavy atom. The number of rotatable bonds is 8. The van der Waals surface area contributed by atoms with Gasteiger partial charge in [0, 0.05) is 8.95 Å². The van der Waals surface area contributed by atoms with Gasteiger partial charge in [-0.1, -0.05) is 45.7 Å². The van der Waals surface area contributed by atoms with Crippen LogP contribution in [0.1, 0.15) is 30.6 Å². The third kappa shape index (κ3) is 9.05. The molecule has 0 saturated heterocycles. The van der Waals surface area contributed by atoms with Crippen molar-refractivity contribution in [2.45, 2.75) is 20.3 Å². The van der Waals surface area contributed by atoms with Crippen molar-refractivity contribution in [3.63, 3.8) is 0 Å². The molecule has 32 heavy (non-hydrogen) atoms. The first-order chi connectivity index (χ1) is 15.2. The molecule has 0 atom stereocenters. The molecule has 0 saturated carbocycles. The maximum absolute atomic E-state index is 12.7. The number of halogens is 3. The van der Waals surface area contributed by atoms with Crippen molar-refractivity contribution in [3.05, 3.63) is 55.4 Å². The standard InChI is InChI=1S/C21H22Br3N3O4S/c1-12(2)7-8-30-17-5-3-13(22)9-15(17)20(29)25-21(32)27-26-19(28)11-31-18-6-4-14(23)10-16(18)24/h3-6,9-10,12H,7-8,11H2,1-2H3,(H,26,28)(H2,25,27,29,32). The number of thiocarbonyl (C=S) groups is 1. The average Bonchev–Trinajstić information content (AvgIpc) is 2.72. The lowest BCUT2D eigenvalue weighted by Crippen LogP contribution is -2.49. The zero-order valence-electron chi connectivity index (χ0n) is 17.3. The van der Waals surface area contributed by atoms with Crippen molar-refractivity contribution in [2.75, 3.05) is 13.2 Å². The summed E-state index contributed by atoms with van der Waals surface area (Å²) in [7, 11) is 0. The third-order valence-corrected chi connectivity index (χ3v) is 5.74. The highest BCUT2D eigenvalue weighted by molar-refractivity contribution is 9.11. The molecule has 7 nitrogen and oxygen atoms in total. The van der Waals surface area contributed by atoms with E-state index in [0.29, 0.717) is 34.1 Å². The largest absolute Gasteiger partial charge is 0.493 e. The second-order valence-electron chi connectivity index (χ2n) is 6.99. The molecule has 0 aliphatic heterocycles. The van der Waals surface area contributed by atoms with E-state index in [1.54, 1.807) is 36.4 Å². The lowest BCUT2D eigenvalue weighted by atomic mass is 10.1. The van der Waals surface area contributed by atoms with E-state index in [9.17, 15) is 9.59 Å². The van der Waals surface area contributed by atoms with Gasteiger partial charge in [0.15, 0.2) is 11.7 Å². The molecule has 3 N–H and O–H groups in total. The summed E-state index contributed by atoms with van der Waals surface area (Å²) in [6.07, 6.45) is 0.863. The minimum atomic E-state index is -0.475. The molecule has 172 valence electrons. The van der Waals surface area contributed by atoms with Crippen molar-refractivity contribution in [1.29, 1.82) is 0 Å². The Bertz CT molecular complexity index is 989. The van der Waals surface area contributed by atoms with Gasteiger partial charge >= 0.3 is 0 Å². The van der Waals surface area contributed by atoms with Crippen LogP contribution in [-0.2, 0) is 4.79 Å². The highest BCUT2D eigenvalue weighted by atomic mass is 79.9. The van der Waals surface area contributed by atoms with Crippen LogP contribution >= 0.6 is 60.0 Å². The Labute approximate surface area is 217 Å². The number of hydrogen-bond acceptors (Lipinski definition) is 5. The fourth-order valence-corrected chi connectivity index (χ4v) is 3.98. The lowest BCUT2D eigenvalue weighted by molar-refractivity contribution is -0.123. The molecule has 0 unspecified atom stereocenters. The van der Waals surface area contributed by atoms with Crippen molar-refractivity contribution >= 4 is 76.9 Å². The molecule has 0 radical (unpaired) electrons. The topological polar surface area (TPSA) is 88.7 Å². The van der Waals surface area contributed by atoms with E-state index < -0.39 is 11.8 Å². The average molecular weight is 652 g/mol. The zero-order chi connectivity index (χ0) is 23.7. The van der Waals surface area contributed by atoms with Crippen LogP contribution in [-0.4, -0.2) is 30.1 Å². The first-order valence-corrected chi connectivity index (χ1v) is 12.3. The minimum absolute atomic E-state index is 0.0683. The fourth-order valence-electron chi connectivity index (χ4n) is 2.31. The van der Waals surface area contributed by atoms with E-state index in [1.165, 1.54) is 0 Å². The van der Waals surface area contributed by atoms with Gasteiger partial charge in [0.2, 0.25) is 0 Å². The predicted molar refractivity (Wildman–Crippen MR) is 138 cm³/mol. The summed E-state index contributed by atoms with van der Waals surface area (Å²) in [4.78, 5) is 24.7. The highest BCUT2D eigenvalue weighted by Crippen LogP contribution is 2.28. The van der Waals surface area contributed by atoms with Gasteiger partial charge in [-0.2, -0.15) is 0 Å². The summed E-state index contributed by atoms with van der Waals surface area (Å²) in [5.74, 6) is 0.506. The van der Waals surface area contributed by atoms with Crippen LogP contribution in [0.4, 0.5) is 0 Å². The van der Waals surface area contributed by atoms with E-state index >= 15 is 0 Å². The van der Waals surface area contributed by atoms with Gasteiger partial charge in [-0.05, 0) is 76.9 Å². The summed E-state index contributed by atoms with van der Waals surface area (Å²) < 4.78 is 13.5. The summed E-state index contributed by atoms with van der Waals surface area (Å²) >= 11 is 15.2. The van der Waals surface area contributed by atoms with Gasteiger partial charge in [-0.3, -0.25) is 25.8 Å². The third-order valence-electron chi connectivity index (χ3n) is 3.93. The van der Waals surface area contributed by atoms with Gasteiger partial charge in [-0.25, -0.2) is 0 Å². The molecule has 2 aromatic carbocycles. The fraction of sp³-hybridized carbons (Fsp3) is 0.286. The maximum Gasteiger partial charge on any atom is 0.276 e. The molecule has 0 aliphatic carbocycles. The minimum Gasteiger partial charge on any atom is -0.493 e. The Balaban J connectivity index is 1.85. The van der Waals surface area contributed by atoms with Gasteiger partial charge in [0.25, 0.3) is 11.8 Å². The first-order valence-electron chi connectivity index (χ1n) is 9.56. The molecule has 0 bridgehead atoms. The monoisotopic (exact) mass is 649 g/mol. The van der Waals surface area contributed by atoms with Crippen LogP contribution in [0.3, 0.4) is 0 Å². The Kier molecular flexibility index (Phi) is 10.9. The van der Waals surface area contributed by atoms with E-state index in [1.807, 2.05) is 0 Å². The van der Waals surface area contributed by atoms with E-state index in [-0.39, 0.29) is 11.7 Å². The smallest absolute Gasteiger partial charge is 0.276 e. The number of hydrazine groups is 1. The molecule has 2 amide bonds. The van der Waals surface area contributed by atoms with Crippen LogP contribution in [0, 0.1) is 5.92 Å². The second-order valence-corrected chi connectivity index (χ2v) is 10.1. The molecule has 2 rings (SSSR count). The Hall–Kier alpha value is -1.69. The molecule has 0 aromatic heterocycles. The molecule has 0 fully saturated rings. The number of benzene rings is 2. The predicted octanol–water partition coefficient (Wildman–Crippen LogP) is 5.11. The first kappa shape index (κ1) is 26.6. The molecular formula is C21H22Br3N3O4S. The van der Waals surface area contributed by atoms with Crippen molar-refractivity contribution in [1.82, 2.24) is 16.2 Å². The van der Waals surface area contributed by atoms with E-state index in [2.05, 4.69) is 77.8 Å². The zero-order valence-corrected chi connectivity index (χ0v) is 22.9. The van der Waals surface area contributed by atoms with Crippen molar-refractivity contribution < 1.29 is 19.1 Å². The Morgan fingerprint density at radius 3 is 2.28 bits per heavy atom. The van der Waals surface area contributed by atoms with Crippen LogP contribution in [0.15, 0.2) is 49.8 Å². The van der Waals surface area contributed by atoms with Crippen molar-refractivity contribution in [2.24, 2.45) is 5.92 Å². The number of ether oxygens (including phenoxy) is 2. The molecule has 11 heteroatoms. The summed E-state index contributed by atoms with van der Waals surface area (Å²) in [6.45, 7) is 4.44. The highest BCUT2D eigenvalue weighted by Gasteiger charge is 2.15. The summed E-state index contributed by atoms with van der Waals surface area (Å²) in [5.41, 5.74) is 5.18. The van der Waals surface area contributed by atoms with Crippen LogP contribution in [0.2, 0.25) is 0 Å². The SMILES string of the molecule is CC(C)CCOc1ccc(Br)cc1C(=O)NC(=S)NNC(=O)COc1ccc(Br)cc1Br. The number of carbonyl (C=O) groups is 2.